The number of amides is 1. The zero-order valence-electron chi connectivity index (χ0n) is 24.3. The molecule has 0 heterocycles. The van der Waals surface area contributed by atoms with Crippen LogP contribution in [0.25, 0.3) is 0 Å². The molecule has 0 aromatic heterocycles. The van der Waals surface area contributed by atoms with Gasteiger partial charge in [0, 0.05) is 12.0 Å². The highest BCUT2D eigenvalue weighted by molar-refractivity contribution is 5.96. The molecule has 10 nitrogen and oxygen atoms in total. The van der Waals surface area contributed by atoms with Gasteiger partial charge < -0.3 is 30.6 Å². The first-order valence-corrected chi connectivity index (χ1v) is 15.4. The lowest BCUT2D eigenvalue weighted by Gasteiger charge is -2.60. The van der Waals surface area contributed by atoms with E-state index in [0.29, 0.717) is 45.1 Å². The summed E-state index contributed by atoms with van der Waals surface area (Å²) >= 11 is 0. The lowest BCUT2D eigenvalue weighted by Crippen LogP contribution is -2.62. The van der Waals surface area contributed by atoms with Crippen molar-refractivity contribution in [2.75, 3.05) is 19.8 Å². The van der Waals surface area contributed by atoms with E-state index in [0.717, 1.165) is 37.8 Å². The topological polar surface area (TPSA) is 166 Å². The summed E-state index contributed by atoms with van der Waals surface area (Å²) in [4.78, 5) is 41.4. The van der Waals surface area contributed by atoms with E-state index in [1.807, 2.05) is 6.92 Å². The van der Waals surface area contributed by atoms with Gasteiger partial charge in [-0.1, -0.05) is 24.6 Å². The minimum absolute atomic E-state index is 0.0194. The molecule has 41 heavy (non-hydrogen) atoms. The highest BCUT2D eigenvalue weighted by Crippen LogP contribution is 2.67. The number of allylic oxidation sites excluding steroid dienone is 2. The third-order valence-electron chi connectivity index (χ3n) is 11.8. The fourth-order valence-corrected chi connectivity index (χ4v) is 9.46. The highest BCUT2D eigenvalue weighted by Gasteiger charge is 2.68. The fourth-order valence-electron chi connectivity index (χ4n) is 9.46. The van der Waals surface area contributed by atoms with Crippen molar-refractivity contribution in [1.29, 1.82) is 0 Å². The van der Waals surface area contributed by atoms with Gasteiger partial charge in [0.1, 0.15) is 12.2 Å². The summed E-state index contributed by atoms with van der Waals surface area (Å²) in [6.45, 7) is 3.80. The quantitative estimate of drug-likeness (QED) is 0.276. The fraction of sp³-hybridized carbons (Fsp3) is 0.806. The van der Waals surface area contributed by atoms with Crippen molar-refractivity contribution in [1.82, 2.24) is 5.32 Å². The van der Waals surface area contributed by atoms with Crippen LogP contribution < -0.4 is 5.32 Å². The van der Waals surface area contributed by atoms with Crippen molar-refractivity contribution in [2.45, 2.75) is 96.2 Å². The number of aliphatic carboxylic acids is 1. The summed E-state index contributed by atoms with van der Waals surface area (Å²) in [5.74, 6) is -1.18. The molecular weight excluding hydrogens is 528 g/mol. The first kappa shape index (κ1) is 30.2. The van der Waals surface area contributed by atoms with Crippen molar-refractivity contribution in [2.24, 2.45) is 45.6 Å². The minimum Gasteiger partial charge on any atom is -0.481 e. The van der Waals surface area contributed by atoms with E-state index in [1.54, 1.807) is 0 Å². The lowest BCUT2D eigenvalue weighted by atomic mass is 9.45. The van der Waals surface area contributed by atoms with Crippen LogP contribution in [-0.2, 0) is 19.2 Å². The van der Waals surface area contributed by atoms with Gasteiger partial charge in [-0.2, -0.15) is 0 Å². The zero-order valence-corrected chi connectivity index (χ0v) is 24.3. The number of hydrogen-bond donors (Lipinski definition) is 5. The second kappa shape index (κ2) is 11.4. The van der Waals surface area contributed by atoms with Crippen LogP contribution in [0, 0.1) is 40.4 Å². The van der Waals surface area contributed by atoms with Crippen molar-refractivity contribution in [3.8, 4) is 0 Å². The Bertz CT molecular complexity index is 1110. The Kier molecular flexibility index (Phi) is 8.40. The molecule has 0 bridgehead atoms. The maximum Gasteiger partial charge on any atom is 0.306 e. The van der Waals surface area contributed by atoms with Crippen LogP contribution >= 0.6 is 0 Å². The standard InChI is InChI=1S/C31H46N2O8/c1-29-11-9-21(33-41-17-26(37)32-15-18-3-5-19(6-4-18)28(38)39)13-20(29)7-8-22-23-10-12-31(40,25(36)16-34)30(23,2)14-24(35)27(22)29/h13,18-19,22-24,27,34-35,40H,3-12,14-17H2,1-2H3,(H,32,37)(H,38,39)/b33-21+/t18?,19?,22-,23-,24-,27+,29-,30-,31-/m0/s1. The second-order valence-corrected chi connectivity index (χ2v) is 13.8. The van der Waals surface area contributed by atoms with Crippen LogP contribution in [0.5, 0.6) is 0 Å². The van der Waals surface area contributed by atoms with Gasteiger partial charge >= 0.3 is 5.97 Å². The molecule has 5 N–H and O–H groups in total. The number of fused-ring (bicyclic) bond motifs is 5. The van der Waals surface area contributed by atoms with Crippen molar-refractivity contribution in [3.05, 3.63) is 11.6 Å². The summed E-state index contributed by atoms with van der Waals surface area (Å²) in [5.41, 5.74) is -0.545. The number of aliphatic hydroxyl groups is 3. The molecule has 0 aromatic rings. The molecule has 5 rings (SSSR count). The highest BCUT2D eigenvalue weighted by atomic mass is 16.6. The molecule has 1 amide bonds. The Morgan fingerprint density at radius 1 is 1.07 bits per heavy atom. The summed E-state index contributed by atoms with van der Waals surface area (Å²) in [7, 11) is 0. The number of oxime groups is 1. The Morgan fingerprint density at radius 3 is 2.49 bits per heavy atom. The molecule has 228 valence electrons. The molecule has 0 aromatic carbocycles. The maximum absolute atomic E-state index is 12.6. The molecule has 5 aliphatic rings. The summed E-state index contributed by atoms with van der Waals surface area (Å²) in [5, 5.41) is 48.7. The Morgan fingerprint density at radius 2 is 1.80 bits per heavy atom. The molecule has 5 aliphatic carbocycles. The Hall–Kier alpha value is -2.30. The van der Waals surface area contributed by atoms with Crippen LogP contribution in [0.1, 0.15) is 84.5 Å². The number of hydrogen-bond acceptors (Lipinski definition) is 8. The zero-order chi connectivity index (χ0) is 29.6. The maximum atomic E-state index is 12.6. The molecule has 0 unspecified atom stereocenters. The van der Waals surface area contributed by atoms with Crippen molar-refractivity contribution >= 4 is 23.4 Å². The van der Waals surface area contributed by atoms with Gasteiger partial charge in [0.2, 0.25) is 0 Å². The molecule has 0 aliphatic heterocycles. The molecule has 0 spiro atoms. The monoisotopic (exact) mass is 574 g/mol. The molecule has 10 heteroatoms. The SMILES string of the molecule is C[C@]12CC/C(=N\OCC(=O)NCC3CCC(C(=O)O)CC3)C=C1CC[C@@H]1[C@@H]2[C@@H](O)C[C@@]2(C)[C@H]1CC[C@]2(O)C(=O)CO. The van der Waals surface area contributed by atoms with Gasteiger partial charge in [0.05, 0.1) is 17.7 Å². The Balaban J connectivity index is 1.17. The number of nitrogens with one attached hydrogen (secondary N) is 1. The van der Waals surface area contributed by atoms with E-state index in [4.69, 9.17) is 9.94 Å². The summed E-state index contributed by atoms with van der Waals surface area (Å²) in [6.07, 6.45) is 8.85. The summed E-state index contributed by atoms with van der Waals surface area (Å²) < 4.78 is 0. The largest absolute Gasteiger partial charge is 0.481 e. The molecule has 4 fully saturated rings. The van der Waals surface area contributed by atoms with E-state index in [2.05, 4.69) is 23.5 Å². The van der Waals surface area contributed by atoms with E-state index < -0.39 is 35.5 Å². The molecule has 7 atom stereocenters. The predicted octanol–water partition coefficient (Wildman–Crippen LogP) is 2.59. The van der Waals surface area contributed by atoms with E-state index in [9.17, 15) is 29.7 Å². The molecular formula is C31H46N2O8. The number of carboxylic acids is 1. The first-order chi connectivity index (χ1) is 19.4. The van der Waals surface area contributed by atoms with Crippen LogP contribution in [0.15, 0.2) is 16.8 Å². The summed E-state index contributed by atoms with van der Waals surface area (Å²) in [6, 6.07) is 0. The minimum atomic E-state index is -1.59. The van der Waals surface area contributed by atoms with Crippen molar-refractivity contribution < 1.29 is 39.6 Å². The second-order valence-electron chi connectivity index (χ2n) is 13.8. The number of carboxylic acid groups (broad SMARTS) is 1. The number of rotatable bonds is 8. The van der Waals surface area contributed by atoms with E-state index >= 15 is 0 Å². The predicted molar refractivity (Wildman–Crippen MR) is 150 cm³/mol. The van der Waals surface area contributed by atoms with Gasteiger partial charge in [0.25, 0.3) is 5.91 Å². The number of nitrogens with zero attached hydrogens (tertiary/aromatic N) is 1. The van der Waals surface area contributed by atoms with Gasteiger partial charge in [-0.15, -0.1) is 0 Å². The molecule has 0 radical (unpaired) electrons. The molecule has 4 saturated carbocycles. The normalized spacial score (nSPS) is 42.9. The van der Waals surface area contributed by atoms with Crippen LogP contribution in [-0.4, -0.2) is 75.3 Å². The smallest absolute Gasteiger partial charge is 0.306 e. The number of carbonyl (C=O) groups excluding carboxylic acids is 2. The third-order valence-corrected chi connectivity index (χ3v) is 11.8. The number of Topliss-reactive ketones (excluding diaryl/α,β-unsaturated/α-hetero) is 1. The number of aliphatic hydroxyl groups excluding tert-OH is 2. The lowest BCUT2D eigenvalue weighted by molar-refractivity contribution is -0.181. The Labute approximate surface area is 241 Å². The van der Waals surface area contributed by atoms with Crippen molar-refractivity contribution in [3.63, 3.8) is 0 Å². The number of ketones is 1. The van der Waals surface area contributed by atoms with Crippen LogP contribution in [0.4, 0.5) is 0 Å². The van der Waals surface area contributed by atoms with Crippen LogP contribution in [0.3, 0.4) is 0 Å². The van der Waals surface area contributed by atoms with Gasteiger partial charge in [-0.3, -0.25) is 14.4 Å². The van der Waals surface area contributed by atoms with Gasteiger partial charge in [-0.05, 0) is 106 Å². The number of carbonyl (C=O) groups is 3. The van der Waals surface area contributed by atoms with E-state index in [-0.39, 0.29) is 47.5 Å². The molecule has 0 saturated heterocycles. The van der Waals surface area contributed by atoms with E-state index in [1.165, 1.54) is 5.57 Å². The third kappa shape index (κ3) is 5.25. The van der Waals surface area contributed by atoms with Crippen LogP contribution in [0.2, 0.25) is 0 Å². The van der Waals surface area contributed by atoms with Gasteiger partial charge in [-0.25, -0.2) is 0 Å². The first-order valence-electron chi connectivity index (χ1n) is 15.4. The average molecular weight is 575 g/mol. The van der Waals surface area contributed by atoms with Gasteiger partial charge in [0.15, 0.2) is 12.4 Å². The average Bonchev–Trinajstić information content (AvgIpc) is 3.22.